The number of fused-ring (bicyclic) bond motifs is 2. The molecular weight excluding hydrogens is 264 g/mol. The second kappa shape index (κ2) is 5.02. The molecule has 2 aromatic rings. The molecule has 102 valence electrons. The Hall–Kier alpha value is -1.67. The van der Waals surface area contributed by atoms with Gasteiger partial charge in [-0.2, -0.15) is 0 Å². The fourth-order valence-electron chi connectivity index (χ4n) is 2.80. The van der Waals surface area contributed by atoms with E-state index >= 15 is 0 Å². The summed E-state index contributed by atoms with van der Waals surface area (Å²) in [6, 6.07) is 12.2. The van der Waals surface area contributed by atoms with Crippen molar-refractivity contribution < 1.29 is 4.21 Å². The van der Waals surface area contributed by atoms with E-state index in [9.17, 15) is 4.21 Å². The molecule has 1 heterocycles. The lowest BCUT2D eigenvalue weighted by molar-refractivity contribution is 0.681. The first-order valence-corrected chi connectivity index (χ1v) is 8.18. The monoisotopic (exact) mass is 282 g/mol. The fourth-order valence-corrected chi connectivity index (χ4v) is 4.43. The molecule has 0 fully saturated rings. The van der Waals surface area contributed by atoms with Gasteiger partial charge in [-0.05, 0) is 52.8 Å². The van der Waals surface area contributed by atoms with Crippen LogP contribution in [0, 0.1) is 0 Å². The maximum atomic E-state index is 12.9. The average Bonchev–Trinajstić information content (AvgIpc) is 2.51. The van der Waals surface area contributed by atoms with E-state index in [1.165, 1.54) is 11.1 Å². The molecule has 1 unspecified atom stereocenters. The third-order valence-corrected chi connectivity index (χ3v) is 5.55. The first-order chi connectivity index (χ1) is 9.67. The van der Waals surface area contributed by atoms with Crippen molar-refractivity contribution in [2.75, 3.05) is 0 Å². The standard InChI is InChI=1S/C18H18OS/c1-4-13-10-14(5-2)18-16(11-13)12(3)15-8-6-7-9-17(15)20(18)19/h6-11H,3-5H2,1-2H3. The number of rotatable bonds is 2. The first kappa shape index (κ1) is 13.3. The fraction of sp³-hybridized carbons (Fsp3) is 0.222. The Kier molecular flexibility index (Phi) is 3.35. The van der Waals surface area contributed by atoms with Crippen LogP contribution < -0.4 is 0 Å². The molecule has 0 aromatic heterocycles. The van der Waals surface area contributed by atoms with Crippen molar-refractivity contribution in [2.45, 2.75) is 36.5 Å². The molecular formula is C18H18OS. The molecule has 2 heteroatoms. The minimum atomic E-state index is -1.09. The molecule has 0 bridgehead atoms. The summed E-state index contributed by atoms with van der Waals surface area (Å²) >= 11 is 0. The lowest BCUT2D eigenvalue weighted by atomic mass is 9.93. The molecule has 1 nitrogen and oxygen atoms in total. The smallest absolute Gasteiger partial charge is 0.0865 e. The van der Waals surface area contributed by atoms with Crippen LogP contribution in [0.25, 0.3) is 5.57 Å². The van der Waals surface area contributed by atoms with Crippen molar-refractivity contribution in [3.05, 3.63) is 65.2 Å². The van der Waals surface area contributed by atoms with Gasteiger partial charge in [0.25, 0.3) is 0 Å². The Balaban J connectivity index is 2.32. The molecule has 0 spiro atoms. The lowest BCUT2D eigenvalue weighted by Gasteiger charge is -2.24. The van der Waals surface area contributed by atoms with Crippen molar-refractivity contribution in [3.8, 4) is 0 Å². The van der Waals surface area contributed by atoms with Crippen molar-refractivity contribution in [1.29, 1.82) is 0 Å². The zero-order chi connectivity index (χ0) is 14.3. The van der Waals surface area contributed by atoms with Crippen LogP contribution in [0.3, 0.4) is 0 Å². The molecule has 0 N–H and O–H groups in total. The summed E-state index contributed by atoms with van der Waals surface area (Å²) in [6.07, 6.45) is 1.89. The Morgan fingerprint density at radius 2 is 1.80 bits per heavy atom. The van der Waals surface area contributed by atoms with Crippen molar-refractivity contribution in [3.63, 3.8) is 0 Å². The topological polar surface area (TPSA) is 17.1 Å². The first-order valence-electron chi connectivity index (χ1n) is 7.03. The summed E-state index contributed by atoms with van der Waals surface area (Å²) in [5, 5.41) is 0. The summed E-state index contributed by atoms with van der Waals surface area (Å²) in [5.74, 6) is 0. The number of hydrogen-bond donors (Lipinski definition) is 0. The van der Waals surface area contributed by atoms with Crippen LogP contribution in [-0.2, 0) is 23.6 Å². The minimum absolute atomic E-state index is 0.893. The molecule has 0 amide bonds. The van der Waals surface area contributed by atoms with Gasteiger partial charge < -0.3 is 0 Å². The molecule has 0 radical (unpaired) electrons. The highest BCUT2D eigenvalue weighted by atomic mass is 32.2. The van der Waals surface area contributed by atoms with E-state index in [-0.39, 0.29) is 0 Å². The zero-order valence-corrected chi connectivity index (χ0v) is 12.7. The van der Waals surface area contributed by atoms with Crippen molar-refractivity contribution >= 4 is 16.4 Å². The second-order valence-corrected chi connectivity index (χ2v) is 6.47. The van der Waals surface area contributed by atoms with E-state index in [4.69, 9.17) is 0 Å². The van der Waals surface area contributed by atoms with Gasteiger partial charge in [-0.3, -0.25) is 0 Å². The normalized spacial score (nSPS) is 16.7. The third-order valence-electron chi connectivity index (χ3n) is 3.94. The van der Waals surface area contributed by atoms with Crippen molar-refractivity contribution in [1.82, 2.24) is 0 Å². The highest BCUT2D eigenvalue weighted by Crippen LogP contribution is 2.40. The molecule has 2 aromatic carbocycles. The van der Waals surface area contributed by atoms with E-state index in [1.54, 1.807) is 0 Å². The third kappa shape index (κ3) is 1.87. The van der Waals surface area contributed by atoms with Gasteiger partial charge in [0.05, 0.1) is 20.6 Å². The summed E-state index contributed by atoms with van der Waals surface area (Å²) < 4.78 is 12.9. The quantitative estimate of drug-likeness (QED) is 0.683. The van der Waals surface area contributed by atoms with Gasteiger partial charge in [-0.25, -0.2) is 4.21 Å². The zero-order valence-electron chi connectivity index (χ0n) is 11.9. The second-order valence-electron chi connectivity index (χ2n) is 5.08. The molecule has 1 aliphatic rings. The molecule has 1 aliphatic heterocycles. The average molecular weight is 282 g/mol. The molecule has 0 aliphatic carbocycles. The predicted molar refractivity (Wildman–Crippen MR) is 84.5 cm³/mol. The molecule has 0 saturated carbocycles. The van der Waals surface area contributed by atoms with E-state index < -0.39 is 10.8 Å². The maximum absolute atomic E-state index is 12.9. The maximum Gasteiger partial charge on any atom is 0.0865 e. The van der Waals surface area contributed by atoms with Gasteiger partial charge in [0.2, 0.25) is 0 Å². The molecule has 1 atom stereocenters. The van der Waals surface area contributed by atoms with Crippen LogP contribution in [0.1, 0.15) is 36.1 Å². The Morgan fingerprint density at radius 1 is 1.05 bits per heavy atom. The summed E-state index contributed by atoms with van der Waals surface area (Å²) in [4.78, 5) is 1.86. The van der Waals surface area contributed by atoms with Crippen LogP contribution in [0.5, 0.6) is 0 Å². The van der Waals surface area contributed by atoms with E-state index in [1.807, 2.05) is 24.3 Å². The molecule has 3 rings (SSSR count). The van der Waals surface area contributed by atoms with Crippen LogP contribution in [0.4, 0.5) is 0 Å². The largest absolute Gasteiger partial charge is 0.249 e. The van der Waals surface area contributed by atoms with Crippen LogP contribution in [-0.4, -0.2) is 4.21 Å². The van der Waals surface area contributed by atoms with Gasteiger partial charge in [-0.1, -0.05) is 44.7 Å². The van der Waals surface area contributed by atoms with Gasteiger partial charge in [0, 0.05) is 0 Å². The van der Waals surface area contributed by atoms with Gasteiger partial charge >= 0.3 is 0 Å². The minimum Gasteiger partial charge on any atom is -0.249 e. The van der Waals surface area contributed by atoms with Gasteiger partial charge in [0.1, 0.15) is 0 Å². The Bertz CT molecular complexity index is 728. The summed E-state index contributed by atoms with van der Waals surface area (Å²) in [5.41, 5.74) is 5.57. The highest BCUT2D eigenvalue weighted by Gasteiger charge is 2.27. The summed E-state index contributed by atoms with van der Waals surface area (Å²) in [7, 11) is -1.09. The molecule has 0 saturated heterocycles. The summed E-state index contributed by atoms with van der Waals surface area (Å²) in [6.45, 7) is 8.52. The van der Waals surface area contributed by atoms with Crippen LogP contribution >= 0.6 is 0 Å². The van der Waals surface area contributed by atoms with Crippen LogP contribution in [0.2, 0.25) is 0 Å². The van der Waals surface area contributed by atoms with E-state index in [2.05, 4.69) is 32.6 Å². The number of benzene rings is 2. The van der Waals surface area contributed by atoms with E-state index in [0.29, 0.717) is 0 Å². The van der Waals surface area contributed by atoms with Crippen LogP contribution in [0.15, 0.2) is 52.8 Å². The van der Waals surface area contributed by atoms with Gasteiger partial charge in [-0.15, -0.1) is 0 Å². The number of hydrogen-bond acceptors (Lipinski definition) is 1. The number of aryl methyl sites for hydroxylation is 2. The molecule has 20 heavy (non-hydrogen) atoms. The van der Waals surface area contributed by atoms with E-state index in [0.717, 1.165) is 39.3 Å². The van der Waals surface area contributed by atoms with Gasteiger partial charge in [0.15, 0.2) is 0 Å². The predicted octanol–water partition coefficient (Wildman–Crippen LogP) is 4.35. The van der Waals surface area contributed by atoms with Crippen molar-refractivity contribution in [2.24, 2.45) is 0 Å². The SMILES string of the molecule is C=C1c2ccccc2S(=O)c2c(CC)cc(CC)cc21. The lowest BCUT2D eigenvalue weighted by Crippen LogP contribution is -2.11. The Labute approximate surface area is 122 Å². The highest BCUT2D eigenvalue weighted by molar-refractivity contribution is 7.85. The Morgan fingerprint density at radius 3 is 2.50 bits per heavy atom.